The summed E-state index contributed by atoms with van der Waals surface area (Å²) in [5.41, 5.74) is 0. The molecule has 0 saturated carbocycles. The minimum atomic E-state index is 0. The summed E-state index contributed by atoms with van der Waals surface area (Å²) in [7, 11) is 1.77. The van der Waals surface area contributed by atoms with E-state index in [1.54, 1.807) is 7.05 Å². The van der Waals surface area contributed by atoms with Crippen molar-refractivity contribution in [3.05, 3.63) is 29.3 Å². The van der Waals surface area contributed by atoms with E-state index in [4.69, 9.17) is 21.1 Å². The molecule has 25 heavy (non-hydrogen) atoms. The zero-order valence-corrected chi connectivity index (χ0v) is 17.9. The molecular weight excluding hydrogens is 455 g/mol. The molecule has 0 aliphatic carbocycles. The molecule has 2 rings (SSSR count). The molecule has 1 fully saturated rings. The van der Waals surface area contributed by atoms with Gasteiger partial charge in [0.25, 0.3) is 0 Å². The normalized spacial score (nSPS) is 16.7. The molecule has 1 heterocycles. The number of nitrogens with zero attached hydrogens (tertiary/aromatic N) is 2. The van der Waals surface area contributed by atoms with E-state index in [1.807, 2.05) is 31.2 Å². The van der Waals surface area contributed by atoms with E-state index < -0.39 is 0 Å². The molecule has 0 amide bonds. The average molecular weight is 483 g/mol. The van der Waals surface area contributed by atoms with E-state index in [0.717, 1.165) is 51.1 Å². The van der Waals surface area contributed by atoms with Crippen LogP contribution in [0.5, 0.6) is 5.75 Å². The highest BCUT2D eigenvalue weighted by atomic mass is 127. The number of rotatable bonds is 7. The van der Waals surface area contributed by atoms with Gasteiger partial charge in [0.15, 0.2) is 5.96 Å². The van der Waals surface area contributed by atoms with Crippen LogP contribution in [0.15, 0.2) is 29.3 Å². The van der Waals surface area contributed by atoms with E-state index in [0.29, 0.717) is 11.6 Å². The van der Waals surface area contributed by atoms with Gasteiger partial charge in [-0.3, -0.25) is 9.89 Å². The number of hydrogen-bond donors (Lipinski definition) is 2. The van der Waals surface area contributed by atoms with Crippen molar-refractivity contribution in [3.63, 3.8) is 0 Å². The SMILES string of the molecule is CN=C(NCCN1CCOCC1)NCC(C)Oc1ccc(Cl)cc1.I. The van der Waals surface area contributed by atoms with Gasteiger partial charge in [0.1, 0.15) is 11.9 Å². The maximum Gasteiger partial charge on any atom is 0.191 e. The first-order chi connectivity index (χ1) is 11.7. The Hall–Kier alpha value is -0.770. The van der Waals surface area contributed by atoms with Gasteiger partial charge in [-0.15, -0.1) is 24.0 Å². The number of morpholine rings is 1. The van der Waals surface area contributed by atoms with Crippen molar-refractivity contribution in [1.82, 2.24) is 15.5 Å². The van der Waals surface area contributed by atoms with Crippen LogP contribution in [0, 0.1) is 0 Å². The second kappa shape index (κ2) is 12.6. The lowest BCUT2D eigenvalue weighted by Crippen LogP contribution is -2.46. The highest BCUT2D eigenvalue weighted by molar-refractivity contribution is 14.0. The minimum absolute atomic E-state index is 0. The first kappa shape index (κ1) is 22.3. The second-order valence-electron chi connectivity index (χ2n) is 5.72. The Kier molecular flexibility index (Phi) is 11.2. The molecule has 1 aliphatic rings. The molecule has 1 atom stereocenters. The molecule has 0 bridgehead atoms. The molecule has 1 saturated heterocycles. The molecule has 2 N–H and O–H groups in total. The van der Waals surface area contributed by atoms with E-state index in [-0.39, 0.29) is 30.1 Å². The fourth-order valence-electron chi connectivity index (χ4n) is 2.41. The van der Waals surface area contributed by atoms with E-state index in [1.165, 1.54) is 0 Å². The summed E-state index contributed by atoms with van der Waals surface area (Å²) in [6.45, 7) is 8.17. The lowest BCUT2D eigenvalue weighted by molar-refractivity contribution is 0.0389. The van der Waals surface area contributed by atoms with Gasteiger partial charge in [-0.2, -0.15) is 0 Å². The maximum absolute atomic E-state index is 5.87. The molecule has 1 unspecified atom stereocenters. The Bertz CT molecular complexity index is 510. The van der Waals surface area contributed by atoms with Crippen LogP contribution in [0.3, 0.4) is 0 Å². The number of aliphatic imine (C=N–C) groups is 1. The predicted molar refractivity (Wildman–Crippen MR) is 114 cm³/mol. The van der Waals surface area contributed by atoms with Gasteiger partial charge in [-0.25, -0.2) is 0 Å². The van der Waals surface area contributed by atoms with E-state index in [2.05, 4.69) is 20.5 Å². The number of guanidine groups is 1. The lowest BCUT2D eigenvalue weighted by Gasteiger charge is -2.26. The topological polar surface area (TPSA) is 58.1 Å². The van der Waals surface area contributed by atoms with Gasteiger partial charge in [0, 0.05) is 38.2 Å². The van der Waals surface area contributed by atoms with Crippen molar-refractivity contribution in [2.75, 3.05) is 53.0 Å². The first-order valence-electron chi connectivity index (χ1n) is 8.34. The third-order valence-corrected chi connectivity index (χ3v) is 4.01. The molecule has 1 aliphatic heterocycles. The summed E-state index contributed by atoms with van der Waals surface area (Å²) in [6, 6.07) is 7.38. The summed E-state index contributed by atoms with van der Waals surface area (Å²) in [4.78, 5) is 6.62. The summed E-state index contributed by atoms with van der Waals surface area (Å²) in [5.74, 6) is 1.60. The Morgan fingerprint density at radius 2 is 1.96 bits per heavy atom. The van der Waals surface area contributed by atoms with Crippen LogP contribution in [-0.2, 0) is 4.74 Å². The Labute approximate surface area is 172 Å². The van der Waals surface area contributed by atoms with Crippen LogP contribution in [0.2, 0.25) is 5.02 Å². The van der Waals surface area contributed by atoms with Crippen molar-refractivity contribution >= 4 is 41.5 Å². The monoisotopic (exact) mass is 482 g/mol. The van der Waals surface area contributed by atoms with Gasteiger partial charge in [0.05, 0.1) is 19.8 Å². The summed E-state index contributed by atoms with van der Waals surface area (Å²) >= 11 is 5.87. The largest absolute Gasteiger partial charge is 0.489 e. The zero-order chi connectivity index (χ0) is 17.2. The fourth-order valence-corrected chi connectivity index (χ4v) is 2.53. The van der Waals surface area contributed by atoms with E-state index in [9.17, 15) is 0 Å². The number of halogens is 2. The maximum atomic E-state index is 5.87. The van der Waals surface area contributed by atoms with Gasteiger partial charge in [-0.1, -0.05) is 11.6 Å². The molecule has 0 aromatic heterocycles. The van der Waals surface area contributed by atoms with Crippen molar-refractivity contribution in [1.29, 1.82) is 0 Å². The number of benzene rings is 1. The van der Waals surface area contributed by atoms with Crippen LogP contribution >= 0.6 is 35.6 Å². The van der Waals surface area contributed by atoms with Crippen molar-refractivity contribution in [2.24, 2.45) is 4.99 Å². The van der Waals surface area contributed by atoms with Crippen LogP contribution in [0.1, 0.15) is 6.92 Å². The van der Waals surface area contributed by atoms with Gasteiger partial charge in [0.2, 0.25) is 0 Å². The Morgan fingerprint density at radius 3 is 2.60 bits per heavy atom. The van der Waals surface area contributed by atoms with Crippen molar-refractivity contribution < 1.29 is 9.47 Å². The van der Waals surface area contributed by atoms with Crippen molar-refractivity contribution in [2.45, 2.75) is 13.0 Å². The third-order valence-electron chi connectivity index (χ3n) is 3.76. The Balaban J connectivity index is 0.00000312. The average Bonchev–Trinajstić information content (AvgIpc) is 2.61. The molecule has 0 radical (unpaired) electrons. The summed E-state index contributed by atoms with van der Waals surface area (Å²) in [6.07, 6.45) is 0.0176. The molecule has 1 aromatic carbocycles. The molecule has 142 valence electrons. The number of hydrogen-bond acceptors (Lipinski definition) is 4. The van der Waals surface area contributed by atoms with Crippen LogP contribution in [0.4, 0.5) is 0 Å². The highest BCUT2D eigenvalue weighted by Gasteiger charge is 2.10. The van der Waals surface area contributed by atoms with E-state index >= 15 is 0 Å². The minimum Gasteiger partial charge on any atom is -0.489 e. The molecule has 8 heteroatoms. The number of ether oxygens (including phenoxy) is 2. The summed E-state index contributed by atoms with van der Waals surface area (Å²) < 4.78 is 11.2. The molecule has 1 aromatic rings. The molecule has 0 spiro atoms. The smallest absolute Gasteiger partial charge is 0.191 e. The highest BCUT2D eigenvalue weighted by Crippen LogP contribution is 2.16. The molecular formula is C17H28ClIN4O2. The van der Waals surface area contributed by atoms with Crippen LogP contribution < -0.4 is 15.4 Å². The zero-order valence-electron chi connectivity index (χ0n) is 14.8. The Morgan fingerprint density at radius 1 is 1.28 bits per heavy atom. The van der Waals surface area contributed by atoms with Gasteiger partial charge >= 0.3 is 0 Å². The predicted octanol–water partition coefficient (Wildman–Crippen LogP) is 2.22. The summed E-state index contributed by atoms with van der Waals surface area (Å²) in [5, 5.41) is 7.32. The lowest BCUT2D eigenvalue weighted by atomic mass is 10.3. The van der Waals surface area contributed by atoms with Crippen LogP contribution in [-0.4, -0.2) is 69.9 Å². The van der Waals surface area contributed by atoms with Crippen molar-refractivity contribution in [3.8, 4) is 5.75 Å². The third kappa shape index (κ3) is 8.94. The van der Waals surface area contributed by atoms with Crippen LogP contribution in [0.25, 0.3) is 0 Å². The quantitative estimate of drug-likeness (QED) is 0.355. The number of nitrogens with one attached hydrogen (secondary N) is 2. The second-order valence-corrected chi connectivity index (χ2v) is 6.15. The fraction of sp³-hybridized carbons (Fsp3) is 0.588. The standard InChI is InChI=1S/C17H27ClN4O2.HI/c1-14(24-16-5-3-15(18)4-6-16)13-21-17(19-2)20-7-8-22-9-11-23-12-10-22;/h3-6,14H,7-13H2,1-2H3,(H2,19,20,21);1H. The van der Waals surface area contributed by atoms with Gasteiger partial charge < -0.3 is 20.1 Å². The first-order valence-corrected chi connectivity index (χ1v) is 8.72. The molecule has 6 nitrogen and oxygen atoms in total. The van der Waals surface area contributed by atoms with Gasteiger partial charge in [-0.05, 0) is 31.2 Å².